The van der Waals surface area contributed by atoms with Crippen LogP contribution in [0.2, 0.25) is 0 Å². The van der Waals surface area contributed by atoms with Crippen LogP contribution < -0.4 is 0 Å². The van der Waals surface area contributed by atoms with Crippen molar-refractivity contribution in [1.29, 1.82) is 0 Å². The third kappa shape index (κ3) is 1.91. The number of fused-ring (bicyclic) bond motifs is 1. The molecule has 1 N–H and O–H groups in total. The molecule has 20 heavy (non-hydrogen) atoms. The van der Waals surface area contributed by atoms with E-state index in [-0.39, 0.29) is 17.6 Å². The van der Waals surface area contributed by atoms with Crippen molar-refractivity contribution in [3.05, 3.63) is 34.8 Å². The molecule has 3 heteroatoms. The fourth-order valence-corrected chi connectivity index (χ4v) is 4.16. The average molecular weight is 273 g/mol. The van der Waals surface area contributed by atoms with E-state index in [0.29, 0.717) is 17.4 Å². The van der Waals surface area contributed by atoms with Crippen molar-refractivity contribution < 1.29 is 9.90 Å². The number of hydrogen-bond acceptors (Lipinski definition) is 2. The van der Waals surface area contributed by atoms with Crippen LogP contribution in [0.5, 0.6) is 0 Å². The minimum Gasteiger partial charge on any atom is -0.505 e. The molecule has 0 bridgehead atoms. The summed E-state index contributed by atoms with van der Waals surface area (Å²) in [5.74, 6) is 1.12. The molecule has 0 aromatic rings. The third-order valence-corrected chi connectivity index (χ3v) is 4.89. The molecule has 2 heterocycles. The van der Waals surface area contributed by atoms with Crippen molar-refractivity contribution in [2.45, 2.75) is 40.0 Å². The predicted octanol–water partition coefficient (Wildman–Crippen LogP) is 3.56. The van der Waals surface area contributed by atoms with Gasteiger partial charge in [0.25, 0.3) is 5.91 Å². The molecule has 3 nitrogen and oxygen atoms in total. The SMILES string of the molecule is CC1=CC(C)C(C2=C(O)C3=CCCCN3C2=O)C(C)C1. The van der Waals surface area contributed by atoms with Gasteiger partial charge < -0.3 is 10.0 Å². The van der Waals surface area contributed by atoms with E-state index in [1.165, 1.54) is 5.57 Å². The van der Waals surface area contributed by atoms with Crippen molar-refractivity contribution in [1.82, 2.24) is 4.90 Å². The first-order valence-corrected chi connectivity index (χ1v) is 7.63. The van der Waals surface area contributed by atoms with Crippen molar-refractivity contribution in [3.8, 4) is 0 Å². The topological polar surface area (TPSA) is 40.5 Å². The van der Waals surface area contributed by atoms with E-state index in [9.17, 15) is 9.90 Å². The molecule has 1 aliphatic carbocycles. The molecule has 3 rings (SSSR count). The maximum Gasteiger partial charge on any atom is 0.258 e. The van der Waals surface area contributed by atoms with E-state index in [1.54, 1.807) is 4.90 Å². The Morgan fingerprint density at radius 1 is 1.35 bits per heavy atom. The van der Waals surface area contributed by atoms with Crippen LogP contribution in [-0.4, -0.2) is 22.5 Å². The highest BCUT2D eigenvalue weighted by Crippen LogP contribution is 2.44. The van der Waals surface area contributed by atoms with Gasteiger partial charge in [0.15, 0.2) is 0 Å². The second kappa shape index (κ2) is 4.80. The van der Waals surface area contributed by atoms with E-state index in [2.05, 4.69) is 26.8 Å². The molecule has 0 aromatic carbocycles. The van der Waals surface area contributed by atoms with Gasteiger partial charge in [-0.2, -0.15) is 0 Å². The molecule has 1 amide bonds. The van der Waals surface area contributed by atoms with Crippen molar-refractivity contribution in [3.63, 3.8) is 0 Å². The highest BCUT2D eigenvalue weighted by atomic mass is 16.3. The predicted molar refractivity (Wildman–Crippen MR) is 78.9 cm³/mol. The number of aliphatic hydroxyl groups is 1. The lowest BCUT2D eigenvalue weighted by atomic mass is 9.71. The fraction of sp³-hybridized carbons (Fsp3) is 0.588. The fourth-order valence-electron chi connectivity index (χ4n) is 4.16. The summed E-state index contributed by atoms with van der Waals surface area (Å²) in [6.45, 7) is 7.24. The molecule has 108 valence electrons. The zero-order valence-electron chi connectivity index (χ0n) is 12.5. The van der Waals surface area contributed by atoms with Gasteiger partial charge in [0, 0.05) is 12.5 Å². The number of carbonyl (C=O) groups is 1. The molecule has 0 fully saturated rings. The zero-order valence-corrected chi connectivity index (χ0v) is 12.5. The standard InChI is InChI=1S/C17H23NO2/c1-10-8-11(2)14(12(3)9-10)15-16(19)13-6-4-5-7-18(13)17(15)20/h6,8,11-12,14,19H,4-5,7,9H2,1-3H3. The maximum atomic E-state index is 12.7. The van der Waals surface area contributed by atoms with Gasteiger partial charge >= 0.3 is 0 Å². The monoisotopic (exact) mass is 273 g/mol. The molecule has 0 spiro atoms. The zero-order chi connectivity index (χ0) is 14.4. The summed E-state index contributed by atoms with van der Waals surface area (Å²) >= 11 is 0. The molecule has 0 radical (unpaired) electrons. The molecule has 2 aliphatic heterocycles. The quantitative estimate of drug-likeness (QED) is 0.742. The van der Waals surface area contributed by atoms with Crippen LogP contribution in [0.3, 0.4) is 0 Å². The smallest absolute Gasteiger partial charge is 0.258 e. The van der Waals surface area contributed by atoms with Crippen LogP contribution in [0.4, 0.5) is 0 Å². The number of nitrogens with zero attached hydrogens (tertiary/aromatic N) is 1. The Balaban J connectivity index is 2.01. The lowest BCUT2D eigenvalue weighted by Crippen LogP contribution is -2.33. The Morgan fingerprint density at radius 2 is 2.10 bits per heavy atom. The van der Waals surface area contributed by atoms with Gasteiger partial charge in [0.05, 0.1) is 11.3 Å². The second-order valence-electron chi connectivity index (χ2n) is 6.53. The van der Waals surface area contributed by atoms with Crippen molar-refractivity contribution in [2.75, 3.05) is 6.54 Å². The Morgan fingerprint density at radius 3 is 2.75 bits per heavy atom. The number of hydrogen-bond donors (Lipinski definition) is 1. The number of allylic oxidation sites excluding steroid dienone is 3. The van der Waals surface area contributed by atoms with Gasteiger partial charge in [0.2, 0.25) is 0 Å². The summed E-state index contributed by atoms with van der Waals surface area (Å²) in [6.07, 6.45) is 7.21. The van der Waals surface area contributed by atoms with Crippen LogP contribution >= 0.6 is 0 Å². The molecule has 0 saturated heterocycles. The molecule has 3 atom stereocenters. The van der Waals surface area contributed by atoms with E-state index in [4.69, 9.17) is 0 Å². The largest absolute Gasteiger partial charge is 0.505 e. The summed E-state index contributed by atoms with van der Waals surface area (Å²) < 4.78 is 0. The molecular formula is C17H23NO2. The van der Waals surface area contributed by atoms with Gasteiger partial charge in [-0.3, -0.25) is 4.79 Å². The van der Waals surface area contributed by atoms with E-state index < -0.39 is 0 Å². The van der Waals surface area contributed by atoms with Crippen molar-refractivity contribution in [2.24, 2.45) is 17.8 Å². The Hall–Kier alpha value is -1.51. The van der Waals surface area contributed by atoms with Crippen molar-refractivity contribution >= 4 is 5.91 Å². The van der Waals surface area contributed by atoms with Crippen LogP contribution in [0.25, 0.3) is 0 Å². The van der Waals surface area contributed by atoms with E-state index in [1.807, 2.05) is 6.08 Å². The summed E-state index contributed by atoms with van der Waals surface area (Å²) in [7, 11) is 0. The normalized spacial score (nSPS) is 34.0. The van der Waals surface area contributed by atoms with E-state index >= 15 is 0 Å². The van der Waals surface area contributed by atoms with Crippen LogP contribution in [0.15, 0.2) is 34.8 Å². The number of carbonyl (C=O) groups excluding carboxylic acids is 1. The van der Waals surface area contributed by atoms with Gasteiger partial charge in [-0.1, -0.05) is 31.6 Å². The number of rotatable bonds is 1. The summed E-state index contributed by atoms with van der Waals surface area (Å²) in [5, 5.41) is 10.5. The van der Waals surface area contributed by atoms with Crippen LogP contribution in [0, 0.1) is 17.8 Å². The molecular weight excluding hydrogens is 250 g/mol. The minimum atomic E-state index is 0.0325. The molecule has 0 aromatic heterocycles. The number of amides is 1. The first kappa shape index (κ1) is 13.5. The van der Waals surface area contributed by atoms with E-state index in [0.717, 1.165) is 31.5 Å². The van der Waals surface area contributed by atoms with Crippen LogP contribution in [-0.2, 0) is 4.79 Å². The molecule has 0 saturated carbocycles. The summed E-state index contributed by atoms with van der Waals surface area (Å²) in [6, 6.07) is 0. The molecule has 3 aliphatic rings. The summed E-state index contributed by atoms with van der Waals surface area (Å²) in [5.41, 5.74) is 2.80. The minimum absolute atomic E-state index is 0.0325. The lowest BCUT2D eigenvalue weighted by Gasteiger charge is -2.33. The maximum absolute atomic E-state index is 12.7. The van der Waals surface area contributed by atoms with Gasteiger partial charge in [-0.15, -0.1) is 0 Å². The van der Waals surface area contributed by atoms with Gasteiger partial charge in [-0.05, 0) is 38.0 Å². The van der Waals surface area contributed by atoms with Gasteiger partial charge in [-0.25, -0.2) is 0 Å². The highest BCUT2D eigenvalue weighted by molar-refractivity contribution is 6.00. The first-order chi connectivity index (χ1) is 9.50. The van der Waals surface area contributed by atoms with Crippen LogP contribution in [0.1, 0.15) is 40.0 Å². The Labute approximate surface area is 120 Å². The summed E-state index contributed by atoms with van der Waals surface area (Å²) in [4.78, 5) is 14.4. The first-order valence-electron chi connectivity index (χ1n) is 7.63. The Bertz CT molecular complexity index is 541. The average Bonchev–Trinajstić information content (AvgIpc) is 2.64. The second-order valence-corrected chi connectivity index (χ2v) is 6.53. The number of aliphatic hydroxyl groups excluding tert-OH is 1. The third-order valence-electron chi connectivity index (χ3n) is 4.89. The molecule has 3 unspecified atom stereocenters. The Kier molecular flexibility index (Phi) is 3.23. The highest BCUT2D eigenvalue weighted by Gasteiger charge is 2.43. The van der Waals surface area contributed by atoms with Gasteiger partial charge in [0.1, 0.15) is 5.76 Å². The lowest BCUT2D eigenvalue weighted by molar-refractivity contribution is -0.125.